The first-order chi connectivity index (χ1) is 16.0. The topological polar surface area (TPSA) is 70.3 Å². The van der Waals surface area contributed by atoms with E-state index in [1.807, 2.05) is 0 Å². The van der Waals surface area contributed by atoms with Crippen LogP contribution in [0.4, 0.5) is 8.78 Å². The number of benzene rings is 2. The molecule has 2 aromatic heterocycles. The van der Waals surface area contributed by atoms with Gasteiger partial charge in [0.2, 0.25) is 0 Å². The highest BCUT2D eigenvalue weighted by atomic mass is 19.1. The zero-order valence-electron chi connectivity index (χ0n) is 17.9. The number of aromatic nitrogens is 2. The molecule has 1 saturated heterocycles. The van der Waals surface area contributed by atoms with Gasteiger partial charge >= 0.3 is 0 Å². The molecule has 0 spiro atoms. The Morgan fingerprint density at radius 2 is 2.00 bits per heavy atom. The van der Waals surface area contributed by atoms with Crippen LogP contribution in [0.3, 0.4) is 0 Å². The third kappa shape index (κ3) is 2.68. The number of terminal acetylenes is 1. The normalized spacial score (nSPS) is 21.5. The lowest BCUT2D eigenvalue weighted by Crippen LogP contribution is -2.14. The molecule has 33 heavy (non-hydrogen) atoms. The zero-order valence-corrected chi connectivity index (χ0v) is 17.9. The number of aromatic hydroxyl groups is 1. The Labute approximate surface area is 188 Å². The van der Waals surface area contributed by atoms with Gasteiger partial charge in [0.1, 0.15) is 17.3 Å². The van der Waals surface area contributed by atoms with Crippen molar-refractivity contribution >= 4 is 21.7 Å². The number of halogens is 2. The van der Waals surface area contributed by atoms with Gasteiger partial charge in [-0.25, -0.2) is 8.78 Å². The minimum absolute atomic E-state index is 0.00859. The van der Waals surface area contributed by atoms with Crippen molar-refractivity contribution in [3.8, 4) is 29.4 Å². The van der Waals surface area contributed by atoms with Gasteiger partial charge in [0.25, 0.3) is 0 Å². The minimum atomic E-state index is -0.601. The number of hydrogen-bond donors (Lipinski definition) is 3. The van der Waals surface area contributed by atoms with Gasteiger partial charge in [-0.05, 0) is 60.0 Å². The summed E-state index contributed by atoms with van der Waals surface area (Å²) in [5.74, 6) is 2.30. The lowest BCUT2D eigenvalue weighted by molar-refractivity contribution is 0.271. The highest BCUT2D eigenvalue weighted by Crippen LogP contribution is 2.58. The molecule has 3 atom stereocenters. The first kappa shape index (κ1) is 20.2. The molecule has 2 aromatic carbocycles. The van der Waals surface area contributed by atoms with E-state index in [1.54, 1.807) is 17.8 Å². The maximum Gasteiger partial charge on any atom is 0.173 e. The van der Waals surface area contributed by atoms with E-state index < -0.39 is 11.6 Å². The lowest BCUT2D eigenvalue weighted by Gasteiger charge is -2.12. The number of nitrogens with one attached hydrogen (secondary N) is 1. The van der Waals surface area contributed by atoms with Crippen LogP contribution in [0, 0.1) is 35.8 Å². The van der Waals surface area contributed by atoms with E-state index in [1.165, 1.54) is 24.3 Å². The van der Waals surface area contributed by atoms with Gasteiger partial charge in [0, 0.05) is 35.3 Å². The Balaban J connectivity index is 1.64. The molecule has 166 valence electrons. The Bertz CT molecular complexity index is 1510. The van der Waals surface area contributed by atoms with Crippen molar-refractivity contribution in [2.75, 3.05) is 13.1 Å². The van der Waals surface area contributed by atoms with E-state index >= 15 is 4.39 Å². The average Bonchev–Trinajstić information content (AvgIpc) is 3.13. The fraction of sp³-hybridized carbons (Fsp3) is 0.269. The third-order valence-corrected chi connectivity index (χ3v) is 7.36. The van der Waals surface area contributed by atoms with E-state index in [0.29, 0.717) is 39.2 Å². The second-order valence-corrected chi connectivity index (χ2v) is 8.93. The quantitative estimate of drug-likeness (QED) is 0.420. The van der Waals surface area contributed by atoms with Crippen molar-refractivity contribution in [3.05, 3.63) is 58.9 Å². The molecule has 0 radical (unpaired) electrons. The smallest absolute Gasteiger partial charge is 0.173 e. The highest BCUT2D eigenvalue weighted by Gasteiger charge is 2.55. The molecule has 6 rings (SSSR count). The largest absolute Gasteiger partial charge is 0.508 e. The van der Waals surface area contributed by atoms with E-state index in [4.69, 9.17) is 6.42 Å². The van der Waals surface area contributed by atoms with Gasteiger partial charge in [-0.15, -0.1) is 6.42 Å². The van der Waals surface area contributed by atoms with Crippen LogP contribution in [0.25, 0.3) is 32.9 Å². The lowest BCUT2D eigenvalue weighted by atomic mass is 9.95. The number of aryl methyl sites for hydroxylation is 1. The van der Waals surface area contributed by atoms with E-state index in [0.717, 1.165) is 18.7 Å². The number of nitrogens with zero attached hydrogens (tertiary/aromatic N) is 2. The van der Waals surface area contributed by atoms with Crippen molar-refractivity contribution in [3.63, 3.8) is 0 Å². The van der Waals surface area contributed by atoms with Gasteiger partial charge in [-0.2, -0.15) is 0 Å². The summed E-state index contributed by atoms with van der Waals surface area (Å²) in [6, 6.07) is 5.54. The second-order valence-electron chi connectivity index (χ2n) is 8.93. The molecule has 2 unspecified atom stereocenters. The van der Waals surface area contributed by atoms with Crippen LogP contribution in [0.2, 0.25) is 0 Å². The molecule has 5 nitrogen and oxygen atoms in total. The highest BCUT2D eigenvalue weighted by molar-refractivity contribution is 6.02. The van der Waals surface area contributed by atoms with Crippen molar-refractivity contribution in [2.24, 2.45) is 18.9 Å². The predicted octanol–water partition coefficient (Wildman–Crippen LogP) is 3.78. The first-order valence-corrected chi connectivity index (χ1v) is 10.9. The number of hydrogen-bond acceptors (Lipinski definition) is 4. The molecule has 3 N–H and O–H groups in total. The maximum absolute atomic E-state index is 16.1. The Hall–Kier alpha value is -3.47. The van der Waals surface area contributed by atoms with Crippen LogP contribution in [0.1, 0.15) is 22.7 Å². The predicted molar refractivity (Wildman–Crippen MR) is 122 cm³/mol. The summed E-state index contributed by atoms with van der Waals surface area (Å²) in [4.78, 5) is 4.44. The van der Waals surface area contributed by atoms with Crippen LogP contribution < -0.4 is 5.32 Å². The Morgan fingerprint density at radius 1 is 1.24 bits per heavy atom. The molecule has 0 bridgehead atoms. The number of phenolic OH excluding ortho intramolecular Hbond substituents is 1. The average molecular weight is 445 g/mol. The van der Waals surface area contributed by atoms with E-state index in [9.17, 15) is 14.6 Å². The number of pyridine rings is 1. The summed E-state index contributed by atoms with van der Waals surface area (Å²) in [7, 11) is 1.73. The summed E-state index contributed by atoms with van der Waals surface area (Å²) in [5, 5.41) is 25.2. The molecule has 3 heterocycles. The molecular weight excluding hydrogens is 424 g/mol. The number of aliphatic hydroxyl groups is 1. The van der Waals surface area contributed by atoms with Gasteiger partial charge in [-0.1, -0.05) is 12.0 Å². The summed E-state index contributed by atoms with van der Waals surface area (Å²) < 4.78 is 32.3. The third-order valence-electron chi connectivity index (χ3n) is 7.36. The molecule has 1 aliphatic carbocycles. The van der Waals surface area contributed by atoms with Crippen molar-refractivity contribution < 1.29 is 19.0 Å². The van der Waals surface area contributed by atoms with Crippen molar-refractivity contribution in [2.45, 2.75) is 12.5 Å². The molecular formula is C26H21F2N3O2. The molecule has 1 saturated carbocycles. The Morgan fingerprint density at radius 3 is 2.70 bits per heavy atom. The van der Waals surface area contributed by atoms with Crippen LogP contribution in [-0.4, -0.2) is 32.9 Å². The fourth-order valence-corrected chi connectivity index (χ4v) is 5.82. The SMILES string of the molecule is C#Cc1c(F)ccc2cc(O)cc(-c3ncc4c(C5C6CNC[C@@H]65)c(CO)n(C)c4c3F)c12. The second kappa shape index (κ2) is 7.01. The van der Waals surface area contributed by atoms with Gasteiger partial charge in [-0.3, -0.25) is 4.98 Å². The van der Waals surface area contributed by atoms with E-state index in [-0.39, 0.29) is 35.1 Å². The van der Waals surface area contributed by atoms with Crippen LogP contribution in [0.5, 0.6) is 5.75 Å². The standard InChI is InChI=1S/C26H21F2N3O2/c1-3-14-19(27)5-4-12-6-13(33)7-15(21(12)14)25-24(28)26-18(10-30-25)23(20(11-32)31(26)2)22-16-8-29-9-17(16)22/h1,4-7,10,16-17,22,29,32-33H,8-9,11H2,2H3/t16-,17?,22?/m0/s1. The molecule has 4 aromatic rings. The van der Waals surface area contributed by atoms with E-state index in [2.05, 4.69) is 16.2 Å². The van der Waals surface area contributed by atoms with Gasteiger partial charge < -0.3 is 20.1 Å². The fourth-order valence-electron chi connectivity index (χ4n) is 5.82. The van der Waals surface area contributed by atoms with Gasteiger partial charge in [0.15, 0.2) is 5.82 Å². The van der Waals surface area contributed by atoms with Crippen molar-refractivity contribution in [1.29, 1.82) is 0 Å². The minimum Gasteiger partial charge on any atom is -0.508 e. The molecule has 7 heteroatoms. The summed E-state index contributed by atoms with van der Waals surface area (Å²) in [5.41, 5.74) is 2.15. The number of fused-ring (bicyclic) bond motifs is 3. The van der Waals surface area contributed by atoms with Gasteiger partial charge in [0.05, 0.1) is 17.7 Å². The van der Waals surface area contributed by atoms with Crippen LogP contribution in [-0.2, 0) is 13.7 Å². The molecule has 0 amide bonds. The zero-order chi connectivity index (χ0) is 23.0. The van der Waals surface area contributed by atoms with Crippen LogP contribution in [0.15, 0.2) is 30.5 Å². The number of phenols is 1. The summed E-state index contributed by atoms with van der Waals surface area (Å²) in [6.07, 6.45) is 7.20. The number of rotatable bonds is 3. The van der Waals surface area contributed by atoms with Crippen molar-refractivity contribution in [1.82, 2.24) is 14.9 Å². The van der Waals surface area contributed by atoms with Crippen LogP contribution >= 0.6 is 0 Å². The monoisotopic (exact) mass is 445 g/mol. The number of aliphatic hydroxyl groups excluding tert-OH is 1. The molecule has 1 aliphatic heterocycles. The summed E-state index contributed by atoms with van der Waals surface area (Å²) >= 11 is 0. The molecule has 2 aliphatic rings. The number of piperidine rings is 1. The maximum atomic E-state index is 16.1. The molecule has 2 fully saturated rings. The summed E-state index contributed by atoms with van der Waals surface area (Å²) in [6.45, 7) is 1.63. The first-order valence-electron chi connectivity index (χ1n) is 10.9. The Kier molecular flexibility index (Phi) is 4.28.